The molecule has 0 radical (unpaired) electrons. The van der Waals surface area contributed by atoms with E-state index in [9.17, 15) is 28.2 Å². The first-order valence-electron chi connectivity index (χ1n) is 11.5. The minimum atomic E-state index is -4.78. The lowest BCUT2D eigenvalue weighted by atomic mass is 9.82. The molecule has 1 aromatic heterocycles. The molecule has 3 N–H and O–H groups in total. The number of rotatable bonds is 6. The molecule has 5 rings (SSSR count). The summed E-state index contributed by atoms with van der Waals surface area (Å²) in [5.41, 5.74) is -1.49. The molecule has 1 amide bonds. The third-order valence-corrected chi connectivity index (χ3v) is 6.73. The van der Waals surface area contributed by atoms with Gasteiger partial charge in [-0.15, -0.1) is 0 Å². The van der Waals surface area contributed by atoms with Crippen molar-refractivity contribution in [3.63, 3.8) is 0 Å². The van der Waals surface area contributed by atoms with Gasteiger partial charge in [-0.2, -0.15) is 13.2 Å². The Morgan fingerprint density at radius 2 is 1.97 bits per heavy atom. The molecule has 0 aliphatic carbocycles. The van der Waals surface area contributed by atoms with Crippen LogP contribution in [0.1, 0.15) is 49.0 Å². The maximum Gasteiger partial charge on any atom is 0.407 e. The topological polar surface area (TPSA) is 97.3 Å². The van der Waals surface area contributed by atoms with Gasteiger partial charge in [-0.25, -0.2) is 4.85 Å². The van der Waals surface area contributed by atoms with E-state index in [1.165, 1.54) is 13.0 Å². The van der Waals surface area contributed by atoms with E-state index in [1.807, 2.05) is 0 Å². The molecule has 2 aliphatic rings. The van der Waals surface area contributed by atoms with E-state index >= 15 is 0 Å². The van der Waals surface area contributed by atoms with Crippen LogP contribution in [0.4, 0.5) is 24.5 Å². The summed E-state index contributed by atoms with van der Waals surface area (Å²) in [6, 6.07) is 9.80. The van der Waals surface area contributed by atoms with Gasteiger partial charge in [-0.1, -0.05) is 6.07 Å². The number of benzene rings is 2. The van der Waals surface area contributed by atoms with Gasteiger partial charge in [-0.05, 0) is 49.2 Å². The predicted octanol–water partition coefficient (Wildman–Crippen LogP) is 5.95. The Morgan fingerprint density at radius 3 is 2.62 bits per heavy atom. The maximum absolute atomic E-state index is 13.5. The van der Waals surface area contributed by atoms with Gasteiger partial charge >= 0.3 is 6.18 Å². The largest absolute Gasteiger partial charge is 0.494 e. The zero-order valence-electron chi connectivity index (χ0n) is 19.6. The van der Waals surface area contributed by atoms with E-state index in [4.69, 9.17) is 16.0 Å². The van der Waals surface area contributed by atoms with E-state index in [0.717, 1.165) is 16.7 Å². The number of halogens is 3. The number of fused-ring (bicyclic) bond motifs is 5. The number of hydrogen-bond acceptors (Lipinski definition) is 5. The van der Waals surface area contributed by atoms with E-state index in [-0.39, 0.29) is 18.2 Å². The van der Waals surface area contributed by atoms with Crippen molar-refractivity contribution in [2.75, 3.05) is 11.9 Å². The fourth-order valence-corrected chi connectivity index (χ4v) is 5.17. The fourth-order valence-electron chi connectivity index (χ4n) is 5.17. The first-order chi connectivity index (χ1) is 17.5. The molecule has 192 valence electrons. The molecule has 2 aromatic carbocycles. The van der Waals surface area contributed by atoms with Crippen molar-refractivity contribution in [2.24, 2.45) is 0 Å². The minimum Gasteiger partial charge on any atom is -0.494 e. The van der Waals surface area contributed by atoms with E-state index in [2.05, 4.69) is 10.2 Å². The van der Waals surface area contributed by atoms with E-state index in [0.29, 0.717) is 41.8 Å². The Balaban J connectivity index is 1.42. The summed E-state index contributed by atoms with van der Waals surface area (Å²) in [6.07, 6.45) is -3.86. The average molecular weight is 513 g/mol. The standard InChI is InChI=1S/C26H22F3N3O5/c1-14(33)31-15-3-6-17(7-4-15)36-12-11-25-10-9-20(37-25)21-22(25)24(35)32(23(21)34)16-5-8-19(30-2)18(13-16)26(27,28)29/h3-8,13,20,34-35H,9-12H2,1H3,(H,31,33). The molecule has 1 fully saturated rings. The van der Waals surface area contributed by atoms with Crippen molar-refractivity contribution in [3.8, 4) is 23.2 Å². The maximum atomic E-state index is 13.5. The highest BCUT2D eigenvalue weighted by atomic mass is 19.4. The smallest absolute Gasteiger partial charge is 0.407 e. The van der Waals surface area contributed by atoms with Crippen LogP contribution in [0, 0.1) is 6.57 Å². The van der Waals surface area contributed by atoms with Crippen molar-refractivity contribution in [1.29, 1.82) is 0 Å². The van der Waals surface area contributed by atoms with Crippen LogP contribution in [-0.4, -0.2) is 27.3 Å². The number of carbonyl (C=O) groups excluding carboxylic acids is 1. The second kappa shape index (κ2) is 8.74. The quantitative estimate of drug-likeness (QED) is 0.354. The van der Waals surface area contributed by atoms with Gasteiger partial charge in [0.05, 0.1) is 41.7 Å². The molecular weight excluding hydrogens is 491 g/mol. The number of carbonyl (C=O) groups is 1. The molecule has 3 heterocycles. The molecule has 0 saturated carbocycles. The van der Waals surface area contributed by atoms with Crippen LogP contribution in [-0.2, 0) is 21.3 Å². The van der Waals surface area contributed by atoms with Gasteiger partial charge in [0.1, 0.15) is 11.4 Å². The highest BCUT2D eigenvalue weighted by Gasteiger charge is 2.55. The number of aromatic nitrogens is 1. The van der Waals surface area contributed by atoms with Crippen molar-refractivity contribution in [1.82, 2.24) is 4.57 Å². The second-order valence-corrected chi connectivity index (χ2v) is 9.03. The van der Waals surface area contributed by atoms with Crippen molar-refractivity contribution in [3.05, 3.63) is 70.6 Å². The number of aromatic hydroxyl groups is 2. The zero-order chi connectivity index (χ0) is 26.5. The third-order valence-electron chi connectivity index (χ3n) is 6.73. The molecular formula is C26H22F3N3O5. The lowest BCUT2D eigenvalue weighted by molar-refractivity contribution is -0.136. The molecule has 2 bridgehead atoms. The first kappa shape index (κ1) is 24.5. The number of anilines is 1. The lowest BCUT2D eigenvalue weighted by Crippen LogP contribution is -2.25. The third kappa shape index (κ3) is 4.13. The van der Waals surface area contributed by atoms with E-state index in [1.54, 1.807) is 24.3 Å². The molecule has 2 unspecified atom stereocenters. The van der Waals surface area contributed by atoms with Crippen molar-refractivity contribution in [2.45, 2.75) is 44.1 Å². The van der Waals surface area contributed by atoms with Crippen LogP contribution < -0.4 is 10.1 Å². The second-order valence-electron chi connectivity index (χ2n) is 9.03. The summed E-state index contributed by atoms with van der Waals surface area (Å²) in [6.45, 7) is 8.64. The summed E-state index contributed by atoms with van der Waals surface area (Å²) in [7, 11) is 0. The molecule has 1 saturated heterocycles. The molecule has 2 aliphatic heterocycles. The first-order valence-corrected chi connectivity index (χ1v) is 11.5. The fraction of sp³-hybridized carbons (Fsp3) is 0.308. The van der Waals surface area contributed by atoms with Crippen LogP contribution in [0.3, 0.4) is 0 Å². The Hall–Kier alpha value is -4.17. The SMILES string of the molecule is [C-]#[N+]c1ccc(-n2c(O)c3c(c2O)C2(CCOc4ccc(NC(C)=O)cc4)CCC3O2)cc1C(F)(F)F. The Kier molecular flexibility index (Phi) is 5.79. The van der Waals surface area contributed by atoms with Crippen molar-refractivity contribution >= 4 is 17.3 Å². The number of alkyl halides is 3. The lowest BCUT2D eigenvalue weighted by Gasteiger charge is -2.26. The number of nitrogens with one attached hydrogen (secondary N) is 1. The number of hydrogen-bond donors (Lipinski definition) is 3. The molecule has 3 aromatic rings. The Morgan fingerprint density at radius 1 is 1.24 bits per heavy atom. The number of amides is 1. The number of ether oxygens (including phenoxy) is 2. The van der Waals surface area contributed by atoms with Gasteiger partial charge in [0, 0.05) is 19.0 Å². The normalized spacial score (nSPS) is 19.9. The average Bonchev–Trinajstić information content (AvgIpc) is 3.49. The summed E-state index contributed by atoms with van der Waals surface area (Å²) in [4.78, 5) is 14.1. The highest BCUT2D eigenvalue weighted by Crippen LogP contribution is 2.63. The van der Waals surface area contributed by atoms with Crippen LogP contribution in [0.15, 0.2) is 42.5 Å². The highest BCUT2D eigenvalue weighted by molar-refractivity contribution is 5.88. The van der Waals surface area contributed by atoms with Crippen LogP contribution in [0.25, 0.3) is 10.5 Å². The Bertz CT molecular complexity index is 1430. The van der Waals surface area contributed by atoms with Gasteiger partial charge < -0.3 is 25.0 Å². The molecule has 2 atom stereocenters. The Labute approximate surface area is 209 Å². The summed E-state index contributed by atoms with van der Waals surface area (Å²) >= 11 is 0. The zero-order valence-corrected chi connectivity index (χ0v) is 19.6. The minimum absolute atomic E-state index is 0.116. The molecule has 0 spiro atoms. The van der Waals surface area contributed by atoms with Gasteiger partial charge in [-0.3, -0.25) is 9.36 Å². The van der Waals surface area contributed by atoms with Crippen LogP contribution in [0.5, 0.6) is 17.5 Å². The molecule has 37 heavy (non-hydrogen) atoms. The van der Waals surface area contributed by atoms with Gasteiger partial charge in [0.15, 0.2) is 5.69 Å². The molecule has 8 nitrogen and oxygen atoms in total. The number of nitrogens with zero attached hydrogens (tertiary/aromatic N) is 2. The van der Waals surface area contributed by atoms with Crippen molar-refractivity contribution < 1.29 is 37.7 Å². The molecule has 11 heteroatoms. The van der Waals surface area contributed by atoms with Crippen LogP contribution >= 0.6 is 0 Å². The summed E-state index contributed by atoms with van der Waals surface area (Å²) in [5.74, 6) is -0.428. The summed E-state index contributed by atoms with van der Waals surface area (Å²) in [5, 5.41) is 24.7. The van der Waals surface area contributed by atoms with Crippen LogP contribution in [0.2, 0.25) is 0 Å². The monoisotopic (exact) mass is 513 g/mol. The van der Waals surface area contributed by atoms with Gasteiger partial charge in [0.2, 0.25) is 17.7 Å². The predicted molar refractivity (Wildman–Crippen MR) is 126 cm³/mol. The van der Waals surface area contributed by atoms with Gasteiger partial charge in [0.25, 0.3) is 0 Å². The summed E-state index contributed by atoms with van der Waals surface area (Å²) < 4.78 is 53.5. The van der Waals surface area contributed by atoms with E-state index < -0.39 is 40.9 Å².